The molecule has 20 heavy (non-hydrogen) atoms. The van der Waals surface area contributed by atoms with Crippen molar-refractivity contribution in [3.05, 3.63) is 69.8 Å². The molecular formula is C16H17NO3. The first kappa shape index (κ1) is 14.1. The second-order valence-electron chi connectivity index (χ2n) is 4.57. The van der Waals surface area contributed by atoms with Gasteiger partial charge in [-0.1, -0.05) is 43.7 Å². The van der Waals surface area contributed by atoms with Gasteiger partial charge in [-0.3, -0.25) is 10.1 Å². The number of hydrogen-bond donors (Lipinski definition) is 0. The third-order valence-corrected chi connectivity index (χ3v) is 3.02. The highest BCUT2D eigenvalue weighted by atomic mass is 16.6. The van der Waals surface area contributed by atoms with Gasteiger partial charge >= 0.3 is 0 Å². The Labute approximate surface area is 118 Å². The van der Waals surface area contributed by atoms with E-state index in [-0.39, 0.29) is 10.6 Å². The third kappa shape index (κ3) is 3.57. The molecule has 0 aliphatic carbocycles. The molecule has 0 aliphatic rings. The molecule has 4 nitrogen and oxygen atoms in total. The molecule has 0 N–H and O–H groups in total. The van der Waals surface area contributed by atoms with Gasteiger partial charge in [-0.05, 0) is 24.1 Å². The smallest absolute Gasteiger partial charge is 0.272 e. The average molecular weight is 271 g/mol. The molecule has 0 saturated carbocycles. The fourth-order valence-electron chi connectivity index (χ4n) is 2.04. The van der Waals surface area contributed by atoms with Crippen LogP contribution in [0.15, 0.2) is 48.5 Å². The molecule has 0 fully saturated rings. The van der Waals surface area contributed by atoms with Gasteiger partial charge < -0.3 is 4.74 Å². The van der Waals surface area contributed by atoms with Crippen LogP contribution in [-0.2, 0) is 13.0 Å². The van der Waals surface area contributed by atoms with Crippen molar-refractivity contribution in [1.82, 2.24) is 0 Å². The van der Waals surface area contributed by atoms with E-state index in [0.717, 1.165) is 17.5 Å². The minimum Gasteiger partial charge on any atom is -0.489 e. The Bertz CT molecular complexity index is 582. The summed E-state index contributed by atoms with van der Waals surface area (Å²) in [6.45, 7) is 2.46. The summed E-state index contributed by atoms with van der Waals surface area (Å²) < 4.78 is 5.69. The van der Waals surface area contributed by atoms with Crippen molar-refractivity contribution in [2.45, 2.75) is 26.4 Å². The predicted molar refractivity (Wildman–Crippen MR) is 77.9 cm³/mol. The highest BCUT2D eigenvalue weighted by molar-refractivity contribution is 5.45. The molecule has 0 amide bonds. The SMILES string of the molecule is CCCc1cc(OCc2ccccc2)ccc1[N+](=O)[O-]. The Balaban J connectivity index is 2.12. The Morgan fingerprint density at radius 1 is 1.15 bits per heavy atom. The van der Waals surface area contributed by atoms with Crippen molar-refractivity contribution in [1.29, 1.82) is 0 Å². The normalized spacial score (nSPS) is 10.2. The average Bonchev–Trinajstić information content (AvgIpc) is 2.46. The summed E-state index contributed by atoms with van der Waals surface area (Å²) >= 11 is 0. The van der Waals surface area contributed by atoms with Crippen molar-refractivity contribution in [3.63, 3.8) is 0 Å². The van der Waals surface area contributed by atoms with Crippen molar-refractivity contribution >= 4 is 5.69 Å². The molecule has 0 atom stereocenters. The summed E-state index contributed by atoms with van der Waals surface area (Å²) in [6.07, 6.45) is 1.54. The molecular weight excluding hydrogens is 254 g/mol. The monoisotopic (exact) mass is 271 g/mol. The molecule has 4 heteroatoms. The van der Waals surface area contributed by atoms with Gasteiger partial charge in [0.25, 0.3) is 5.69 Å². The lowest BCUT2D eigenvalue weighted by Crippen LogP contribution is -1.99. The zero-order valence-electron chi connectivity index (χ0n) is 11.4. The molecule has 0 heterocycles. The van der Waals surface area contributed by atoms with Crippen LogP contribution in [-0.4, -0.2) is 4.92 Å². The fraction of sp³-hybridized carbons (Fsp3) is 0.250. The highest BCUT2D eigenvalue weighted by Gasteiger charge is 2.13. The van der Waals surface area contributed by atoms with E-state index >= 15 is 0 Å². The quantitative estimate of drug-likeness (QED) is 0.586. The van der Waals surface area contributed by atoms with E-state index in [1.807, 2.05) is 37.3 Å². The summed E-state index contributed by atoms with van der Waals surface area (Å²) in [5, 5.41) is 11.0. The predicted octanol–water partition coefficient (Wildman–Crippen LogP) is 4.13. The lowest BCUT2D eigenvalue weighted by molar-refractivity contribution is -0.385. The molecule has 0 aliphatic heterocycles. The maximum Gasteiger partial charge on any atom is 0.272 e. The van der Waals surface area contributed by atoms with E-state index in [0.29, 0.717) is 18.8 Å². The van der Waals surface area contributed by atoms with Crippen LogP contribution >= 0.6 is 0 Å². The first-order valence-corrected chi connectivity index (χ1v) is 6.64. The lowest BCUT2D eigenvalue weighted by Gasteiger charge is -2.08. The van der Waals surface area contributed by atoms with Crippen molar-refractivity contribution in [2.24, 2.45) is 0 Å². The first-order valence-electron chi connectivity index (χ1n) is 6.64. The molecule has 0 radical (unpaired) electrons. The minimum atomic E-state index is -0.341. The standard InChI is InChI=1S/C16H17NO3/c1-2-6-14-11-15(9-10-16(14)17(18)19)20-12-13-7-4-3-5-8-13/h3-5,7-11H,2,6,12H2,1H3. The van der Waals surface area contributed by atoms with Gasteiger partial charge in [0.05, 0.1) is 4.92 Å². The number of nitro groups is 1. The van der Waals surface area contributed by atoms with Crippen LogP contribution in [0.5, 0.6) is 5.75 Å². The second kappa shape index (κ2) is 6.70. The number of benzene rings is 2. The number of nitrogens with zero attached hydrogens (tertiary/aromatic N) is 1. The Morgan fingerprint density at radius 3 is 2.55 bits per heavy atom. The largest absolute Gasteiger partial charge is 0.489 e. The molecule has 2 aromatic rings. The summed E-state index contributed by atoms with van der Waals surface area (Å²) in [6, 6.07) is 14.8. The first-order chi connectivity index (χ1) is 9.70. The van der Waals surface area contributed by atoms with Crippen molar-refractivity contribution in [3.8, 4) is 5.75 Å². The van der Waals surface area contributed by atoms with E-state index in [4.69, 9.17) is 4.74 Å². The van der Waals surface area contributed by atoms with Gasteiger partial charge in [0.2, 0.25) is 0 Å². The summed E-state index contributed by atoms with van der Waals surface area (Å²) in [5.41, 5.74) is 1.96. The molecule has 0 spiro atoms. The summed E-state index contributed by atoms with van der Waals surface area (Å²) in [7, 11) is 0. The van der Waals surface area contributed by atoms with Crippen LogP contribution in [0, 0.1) is 10.1 Å². The highest BCUT2D eigenvalue weighted by Crippen LogP contribution is 2.25. The Kier molecular flexibility index (Phi) is 4.71. The topological polar surface area (TPSA) is 52.4 Å². The molecule has 104 valence electrons. The van der Waals surface area contributed by atoms with Crippen LogP contribution in [0.4, 0.5) is 5.69 Å². The molecule has 2 rings (SSSR count). The van der Waals surface area contributed by atoms with Crippen LogP contribution in [0.3, 0.4) is 0 Å². The van der Waals surface area contributed by atoms with Crippen LogP contribution in [0.1, 0.15) is 24.5 Å². The summed E-state index contributed by atoms with van der Waals surface area (Å²) in [5.74, 6) is 0.669. The zero-order chi connectivity index (χ0) is 14.4. The second-order valence-corrected chi connectivity index (χ2v) is 4.57. The van der Waals surface area contributed by atoms with Crippen LogP contribution < -0.4 is 4.74 Å². The van der Waals surface area contributed by atoms with E-state index < -0.39 is 0 Å². The molecule has 0 aromatic heterocycles. The number of ether oxygens (including phenoxy) is 1. The van der Waals surface area contributed by atoms with Crippen LogP contribution in [0.25, 0.3) is 0 Å². The molecule has 2 aromatic carbocycles. The van der Waals surface area contributed by atoms with E-state index in [1.165, 1.54) is 6.07 Å². The van der Waals surface area contributed by atoms with E-state index in [1.54, 1.807) is 12.1 Å². The maximum atomic E-state index is 11.0. The molecule has 0 bridgehead atoms. The third-order valence-electron chi connectivity index (χ3n) is 3.02. The fourth-order valence-corrected chi connectivity index (χ4v) is 2.04. The zero-order valence-corrected chi connectivity index (χ0v) is 11.4. The van der Waals surface area contributed by atoms with Gasteiger partial charge in [-0.25, -0.2) is 0 Å². The summed E-state index contributed by atoms with van der Waals surface area (Å²) in [4.78, 5) is 10.6. The molecule has 0 unspecified atom stereocenters. The van der Waals surface area contributed by atoms with Crippen molar-refractivity contribution in [2.75, 3.05) is 0 Å². The van der Waals surface area contributed by atoms with Gasteiger partial charge in [0.15, 0.2) is 0 Å². The van der Waals surface area contributed by atoms with Crippen LogP contribution in [0.2, 0.25) is 0 Å². The van der Waals surface area contributed by atoms with Gasteiger partial charge in [0, 0.05) is 11.6 Å². The van der Waals surface area contributed by atoms with Gasteiger partial charge in [-0.15, -0.1) is 0 Å². The van der Waals surface area contributed by atoms with E-state index in [2.05, 4.69) is 0 Å². The number of nitro benzene ring substituents is 1. The van der Waals surface area contributed by atoms with Crippen molar-refractivity contribution < 1.29 is 9.66 Å². The Morgan fingerprint density at radius 2 is 1.90 bits per heavy atom. The van der Waals surface area contributed by atoms with Gasteiger partial charge in [0.1, 0.15) is 12.4 Å². The maximum absolute atomic E-state index is 11.0. The van der Waals surface area contributed by atoms with E-state index in [9.17, 15) is 10.1 Å². The molecule has 0 saturated heterocycles. The van der Waals surface area contributed by atoms with Gasteiger partial charge in [-0.2, -0.15) is 0 Å². The number of rotatable bonds is 6. The number of aryl methyl sites for hydroxylation is 1. The Hall–Kier alpha value is -2.36. The minimum absolute atomic E-state index is 0.166. The lowest BCUT2D eigenvalue weighted by atomic mass is 10.1. The number of hydrogen-bond acceptors (Lipinski definition) is 3.